The van der Waals surface area contributed by atoms with Crippen molar-refractivity contribution in [1.29, 1.82) is 0 Å². The fraction of sp³-hybridized carbons (Fsp3) is 0.381. The van der Waals surface area contributed by atoms with E-state index in [2.05, 4.69) is 42.5 Å². The van der Waals surface area contributed by atoms with Crippen LogP contribution in [-0.4, -0.2) is 68.2 Å². The molecule has 1 atom stereocenters. The zero-order chi connectivity index (χ0) is 23.6. The van der Waals surface area contributed by atoms with Crippen LogP contribution in [0.15, 0.2) is 38.6 Å². The summed E-state index contributed by atoms with van der Waals surface area (Å²) in [5.74, 6) is -0.453. The van der Waals surface area contributed by atoms with Crippen LogP contribution >= 0.6 is 43.2 Å². The summed E-state index contributed by atoms with van der Waals surface area (Å²) in [6.07, 6.45) is -0.239. The zero-order valence-electron chi connectivity index (χ0n) is 17.7. The number of morpholine rings is 1. The Bertz CT molecular complexity index is 1080. The number of nitrogens with one attached hydrogen (secondary N) is 2. The van der Waals surface area contributed by atoms with Crippen molar-refractivity contribution in [3.63, 3.8) is 0 Å². The van der Waals surface area contributed by atoms with Gasteiger partial charge < -0.3 is 29.9 Å². The van der Waals surface area contributed by atoms with E-state index in [0.29, 0.717) is 53.6 Å². The average molecular weight is 602 g/mol. The van der Waals surface area contributed by atoms with Crippen LogP contribution in [0.5, 0.6) is 5.06 Å². The molecule has 0 bridgehead atoms. The fourth-order valence-electron chi connectivity index (χ4n) is 3.84. The second-order valence-electron chi connectivity index (χ2n) is 7.86. The van der Waals surface area contributed by atoms with Gasteiger partial charge in [-0.15, -0.1) is 0 Å². The Morgan fingerprint density at radius 1 is 1.21 bits per heavy atom. The second-order valence-corrected chi connectivity index (χ2v) is 11.1. The number of amides is 3. The summed E-state index contributed by atoms with van der Waals surface area (Å²) in [6.45, 7) is 1.98. The molecule has 3 heterocycles. The highest BCUT2D eigenvalue weighted by atomic mass is 79.9. The minimum Gasteiger partial charge on any atom is -0.399 e. The quantitative estimate of drug-likeness (QED) is 0.545. The lowest BCUT2D eigenvalue weighted by Gasteiger charge is -2.29. The van der Waals surface area contributed by atoms with Crippen molar-refractivity contribution in [3.8, 4) is 5.06 Å². The molecule has 176 valence electrons. The van der Waals surface area contributed by atoms with E-state index in [1.54, 1.807) is 35.2 Å². The maximum Gasteiger partial charge on any atom is 0.414 e. The summed E-state index contributed by atoms with van der Waals surface area (Å²) in [6, 6.07) is 8.70. The molecule has 0 spiro atoms. The Morgan fingerprint density at radius 2 is 2.03 bits per heavy atom. The Kier molecular flexibility index (Phi) is 7.39. The molecule has 0 aliphatic carbocycles. The number of likely N-dealkylation sites (N-methyl/N-ethyl adjacent to an activating group) is 1. The first-order chi connectivity index (χ1) is 15.8. The molecule has 2 aliphatic rings. The van der Waals surface area contributed by atoms with Gasteiger partial charge in [0.05, 0.1) is 16.1 Å². The SMILES string of the molecule is CN1CCC(NC(=O)Oc2ccc(Br)s2)(C(=O)Nc2ccc(N3CCOCC3=O)c(Br)c2)C1. The van der Waals surface area contributed by atoms with E-state index >= 15 is 0 Å². The van der Waals surface area contributed by atoms with Gasteiger partial charge in [0.1, 0.15) is 12.1 Å². The number of nitrogens with zero attached hydrogens (tertiary/aromatic N) is 2. The first-order valence-corrected chi connectivity index (χ1v) is 12.6. The molecule has 1 unspecified atom stereocenters. The van der Waals surface area contributed by atoms with E-state index in [9.17, 15) is 14.4 Å². The van der Waals surface area contributed by atoms with Gasteiger partial charge in [-0.05, 0) is 75.7 Å². The number of carbonyl (C=O) groups excluding carboxylic acids is 3. The highest BCUT2D eigenvalue weighted by Crippen LogP contribution is 2.32. The van der Waals surface area contributed by atoms with Crippen LogP contribution in [0.25, 0.3) is 0 Å². The number of rotatable bonds is 5. The lowest BCUT2D eigenvalue weighted by Crippen LogP contribution is -2.58. The molecule has 1 aromatic heterocycles. The topological polar surface area (TPSA) is 100 Å². The molecule has 2 fully saturated rings. The van der Waals surface area contributed by atoms with Gasteiger partial charge >= 0.3 is 6.09 Å². The zero-order valence-corrected chi connectivity index (χ0v) is 21.7. The van der Waals surface area contributed by atoms with Crippen molar-refractivity contribution in [1.82, 2.24) is 10.2 Å². The molecule has 1 aromatic carbocycles. The Morgan fingerprint density at radius 3 is 2.67 bits per heavy atom. The summed E-state index contributed by atoms with van der Waals surface area (Å²) in [4.78, 5) is 41.6. The molecular formula is C21H22Br2N4O5S. The van der Waals surface area contributed by atoms with Crippen molar-refractivity contribution < 1.29 is 23.9 Å². The molecular weight excluding hydrogens is 580 g/mol. The number of ether oxygens (including phenoxy) is 2. The molecule has 3 amide bonds. The van der Waals surface area contributed by atoms with Gasteiger partial charge in [-0.1, -0.05) is 11.3 Å². The molecule has 33 heavy (non-hydrogen) atoms. The van der Waals surface area contributed by atoms with Crippen molar-refractivity contribution in [2.24, 2.45) is 0 Å². The van der Waals surface area contributed by atoms with Gasteiger partial charge in [0.15, 0.2) is 5.06 Å². The van der Waals surface area contributed by atoms with Crippen molar-refractivity contribution in [2.45, 2.75) is 12.0 Å². The maximum atomic E-state index is 13.3. The summed E-state index contributed by atoms with van der Waals surface area (Å²) in [7, 11) is 1.89. The van der Waals surface area contributed by atoms with Crippen molar-refractivity contribution >= 4 is 72.5 Å². The Labute approximate surface area is 211 Å². The van der Waals surface area contributed by atoms with Crippen LogP contribution in [0, 0.1) is 0 Å². The van der Waals surface area contributed by atoms with E-state index in [4.69, 9.17) is 9.47 Å². The highest BCUT2D eigenvalue weighted by Gasteiger charge is 2.45. The van der Waals surface area contributed by atoms with E-state index in [-0.39, 0.29) is 18.4 Å². The van der Waals surface area contributed by atoms with Gasteiger partial charge in [-0.3, -0.25) is 9.59 Å². The Balaban J connectivity index is 1.47. The predicted octanol–water partition coefficient (Wildman–Crippen LogP) is 3.44. The summed E-state index contributed by atoms with van der Waals surface area (Å²) in [5, 5.41) is 6.11. The minimum absolute atomic E-state index is 0.0468. The summed E-state index contributed by atoms with van der Waals surface area (Å²) < 4.78 is 12.0. The number of anilines is 2. The Hall–Kier alpha value is -1.99. The summed E-state index contributed by atoms with van der Waals surface area (Å²) >= 11 is 8.11. The van der Waals surface area contributed by atoms with Crippen LogP contribution in [0.1, 0.15) is 6.42 Å². The monoisotopic (exact) mass is 600 g/mol. The van der Waals surface area contributed by atoms with Crippen LogP contribution in [0.3, 0.4) is 0 Å². The third-order valence-electron chi connectivity index (χ3n) is 5.46. The van der Waals surface area contributed by atoms with E-state index in [0.717, 1.165) is 3.79 Å². The van der Waals surface area contributed by atoms with Crippen LogP contribution in [0.4, 0.5) is 16.2 Å². The second kappa shape index (κ2) is 10.1. The number of carbonyl (C=O) groups is 3. The molecule has 2 aromatic rings. The van der Waals surface area contributed by atoms with Gasteiger partial charge in [-0.25, -0.2) is 4.79 Å². The maximum absolute atomic E-state index is 13.3. The van der Waals surface area contributed by atoms with Gasteiger partial charge in [-0.2, -0.15) is 0 Å². The lowest BCUT2D eigenvalue weighted by atomic mass is 9.97. The van der Waals surface area contributed by atoms with Crippen LogP contribution < -0.4 is 20.3 Å². The first-order valence-electron chi connectivity index (χ1n) is 10.2. The first kappa shape index (κ1) is 24.1. The number of thiophene rings is 1. The van der Waals surface area contributed by atoms with E-state index in [1.807, 2.05) is 11.9 Å². The molecule has 4 rings (SSSR count). The van der Waals surface area contributed by atoms with Gasteiger partial charge in [0.25, 0.3) is 11.8 Å². The molecule has 2 aliphatic heterocycles. The predicted molar refractivity (Wildman–Crippen MR) is 132 cm³/mol. The van der Waals surface area contributed by atoms with Crippen molar-refractivity contribution in [3.05, 3.63) is 38.6 Å². The third kappa shape index (κ3) is 5.57. The molecule has 2 saturated heterocycles. The van der Waals surface area contributed by atoms with E-state index in [1.165, 1.54) is 11.3 Å². The van der Waals surface area contributed by atoms with Gasteiger partial charge in [0.2, 0.25) is 0 Å². The van der Waals surface area contributed by atoms with Gasteiger partial charge in [0, 0.05) is 29.8 Å². The largest absolute Gasteiger partial charge is 0.414 e. The summed E-state index contributed by atoms with van der Waals surface area (Å²) in [5.41, 5.74) is 0.120. The average Bonchev–Trinajstić information content (AvgIpc) is 3.34. The molecule has 2 N–H and O–H groups in total. The molecule has 9 nitrogen and oxygen atoms in total. The standard InChI is InChI=1S/C21H22Br2N4O5S/c1-26-7-6-21(12-26,25-20(30)32-18-5-4-16(23)33-18)19(29)24-13-2-3-15(14(22)10-13)27-8-9-31-11-17(27)28/h2-5,10H,6-9,11-12H2,1H3,(H,24,29)(H,25,30). The lowest BCUT2D eigenvalue weighted by molar-refractivity contribution is -0.125. The van der Waals surface area contributed by atoms with E-state index < -0.39 is 11.6 Å². The number of likely N-dealkylation sites (tertiary alicyclic amines) is 1. The minimum atomic E-state index is -1.13. The van der Waals surface area contributed by atoms with Crippen LogP contribution in [0.2, 0.25) is 0 Å². The number of halogens is 2. The normalized spacial score (nSPS) is 21.2. The fourth-order valence-corrected chi connectivity index (χ4v) is 5.62. The third-order valence-corrected chi connectivity index (χ3v) is 7.60. The van der Waals surface area contributed by atoms with Crippen LogP contribution in [-0.2, 0) is 14.3 Å². The number of hydrogen-bond acceptors (Lipinski definition) is 7. The number of hydrogen-bond donors (Lipinski definition) is 2. The smallest absolute Gasteiger partial charge is 0.399 e. The molecule has 0 radical (unpaired) electrons. The molecule has 0 saturated carbocycles. The van der Waals surface area contributed by atoms with Crippen molar-refractivity contribution in [2.75, 3.05) is 50.1 Å². The number of benzene rings is 1. The highest BCUT2D eigenvalue weighted by molar-refractivity contribution is 9.11. The molecule has 12 heteroatoms.